The zero-order valence-corrected chi connectivity index (χ0v) is 25.3. The molecular formula is C7H41B11O33. The van der Waals surface area contributed by atoms with Gasteiger partial charge in [0.1, 0.15) is 0 Å². The quantitative estimate of drug-likeness (QED) is 0.102. The molecule has 0 bridgehead atoms. The number of hydrogen-bond acceptors (Lipinski definition) is 33. The lowest BCUT2D eigenvalue weighted by Gasteiger charge is -1.69. The van der Waals surface area contributed by atoms with Crippen LogP contribution >= 0.6 is 0 Å². The van der Waals surface area contributed by atoms with Gasteiger partial charge in [0.15, 0.2) is 0 Å². The molecule has 0 saturated carbocycles. The van der Waals surface area contributed by atoms with Crippen LogP contribution in [0.15, 0.2) is 36.5 Å². The molecule has 1 aliphatic rings. The Morgan fingerprint density at radius 3 is 0.333 bits per heavy atom. The van der Waals surface area contributed by atoms with Crippen LogP contribution in [-0.2, 0) is 0 Å². The van der Waals surface area contributed by atoms with Gasteiger partial charge in [0.05, 0.1) is 0 Å². The highest BCUT2D eigenvalue weighted by Gasteiger charge is 1.96. The fourth-order valence-electron chi connectivity index (χ4n) is 0.521. The van der Waals surface area contributed by atoms with Crippen molar-refractivity contribution in [3.05, 3.63) is 36.5 Å². The molecule has 0 atom stereocenters. The first-order valence-corrected chi connectivity index (χ1v) is 11.0. The van der Waals surface area contributed by atoms with Gasteiger partial charge in [0, 0.05) is 0 Å². The summed E-state index contributed by atoms with van der Waals surface area (Å²) < 4.78 is 0. The van der Waals surface area contributed by atoms with Crippen LogP contribution in [0.2, 0.25) is 0 Å². The third-order valence-corrected chi connectivity index (χ3v) is 0.878. The van der Waals surface area contributed by atoms with Gasteiger partial charge < -0.3 is 166 Å². The van der Waals surface area contributed by atoms with Crippen molar-refractivity contribution in [3.63, 3.8) is 0 Å². The molecule has 0 spiro atoms. The van der Waals surface area contributed by atoms with Crippen LogP contribution in [-0.4, -0.2) is 246 Å². The van der Waals surface area contributed by atoms with E-state index in [1.807, 2.05) is 12.2 Å². The first-order chi connectivity index (χ1) is 22.6. The fraction of sp³-hybridized carbons (Fsp3) is 0.143. The molecular weight excluding hydrogens is 731 g/mol. The Hall–Kier alpha value is -1.39. The van der Waals surface area contributed by atoms with E-state index in [4.69, 9.17) is 166 Å². The summed E-state index contributed by atoms with van der Waals surface area (Å²) in [6.07, 6.45) is 13.5. The molecule has 0 fully saturated rings. The van der Waals surface area contributed by atoms with Crippen molar-refractivity contribution in [2.24, 2.45) is 0 Å². The summed E-state index contributed by atoms with van der Waals surface area (Å²) in [5.41, 5.74) is 0. The zero-order valence-electron chi connectivity index (χ0n) is 25.3. The van der Waals surface area contributed by atoms with Crippen LogP contribution in [0.3, 0.4) is 0 Å². The topological polar surface area (TPSA) is 668 Å². The van der Waals surface area contributed by atoms with E-state index in [0.717, 1.165) is 6.42 Å². The maximum atomic E-state index is 7.17. The average molecular weight is 772 g/mol. The van der Waals surface area contributed by atoms with Gasteiger partial charge in [-0.15, -0.1) is 0 Å². The van der Waals surface area contributed by atoms with Crippen molar-refractivity contribution >= 4 is 80.5 Å². The standard InChI is InChI=1S/C7H8.11BH3O3/c1-2-4-6-7-5-3-1;11*2-1(3)4/h1-6H,7H2;11*2-4H. The van der Waals surface area contributed by atoms with Crippen LogP contribution in [0.4, 0.5) is 0 Å². The molecule has 51 heavy (non-hydrogen) atoms. The van der Waals surface area contributed by atoms with Crippen LogP contribution in [0, 0.1) is 0 Å². The molecule has 0 aromatic carbocycles. The van der Waals surface area contributed by atoms with Crippen LogP contribution in [0.5, 0.6) is 0 Å². The lowest BCUT2D eigenvalue weighted by Crippen LogP contribution is -2.07. The number of allylic oxidation sites excluding steroid dienone is 6. The van der Waals surface area contributed by atoms with E-state index < -0.39 is 80.5 Å². The Morgan fingerprint density at radius 1 is 0.176 bits per heavy atom. The summed E-state index contributed by atoms with van der Waals surface area (Å²) in [5.74, 6) is 0. The van der Waals surface area contributed by atoms with E-state index in [1.54, 1.807) is 0 Å². The van der Waals surface area contributed by atoms with Crippen LogP contribution < -0.4 is 0 Å². The Balaban J connectivity index is -0.0000000383. The monoisotopic (exact) mass is 774 g/mol. The lowest BCUT2D eigenvalue weighted by atomic mass is 10.3. The molecule has 1 rings (SSSR count). The second-order valence-corrected chi connectivity index (χ2v) is 5.29. The lowest BCUT2D eigenvalue weighted by molar-refractivity contribution is 0.276. The van der Waals surface area contributed by atoms with E-state index in [9.17, 15) is 0 Å². The highest BCUT2D eigenvalue weighted by atomic mass is 16.6. The summed E-state index contributed by atoms with van der Waals surface area (Å²) in [4.78, 5) is 0. The Bertz CT molecular complexity index is 423. The molecule has 0 amide bonds. The molecule has 44 heteroatoms. The second-order valence-electron chi connectivity index (χ2n) is 5.29. The average Bonchev–Trinajstić information content (AvgIpc) is 3.08. The molecule has 0 aromatic heterocycles. The Morgan fingerprint density at radius 2 is 0.255 bits per heavy atom. The molecule has 0 heterocycles. The van der Waals surface area contributed by atoms with Gasteiger partial charge in [-0.2, -0.15) is 0 Å². The predicted molar refractivity (Wildman–Crippen MR) is 169 cm³/mol. The SMILES string of the molecule is C1=CC=CCC=C1.OB(O)O.OB(O)O.OB(O)O.OB(O)O.OB(O)O.OB(O)O.OB(O)O.OB(O)O.OB(O)O.OB(O)O.OB(O)O. The Labute approximate surface area is 289 Å². The van der Waals surface area contributed by atoms with Gasteiger partial charge in [-0.25, -0.2) is 0 Å². The largest absolute Gasteiger partial charge is 0.631 e. The molecule has 33 nitrogen and oxygen atoms in total. The van der Waals surface area contributed by atoms with Gasteiger partial charge in [0.25, 0.3) is 0 Å². The third-order valence-electron chi connectivity index (χ3n) is 0.878. The minimum absolute atomic E-state index is 1.08. The highest BCUT2D eigenvalue weighted by molar-refractivity contribution is 6.32. The van der Waals surface area contributed by atoms with E-state index in [1.165, 1.54) is 0 Å². The predicted octanol–water partition coefficient (Wildman–Crippen LogP) is -20.5. The van der Waals surface area contributed by atoms with E-state index in [0.29, 0.717) is 0 Å². The minimum atomic E-state index is -2.17. The van der Waals surface area contributed by atoms with Crippen molar-refractivity contribution < 1.29 is 166 Å². The maximum Gasteiger partial charge on any atom is 0.631 e. The highest BCUT2D eigenvalue weighted by Crippen LogP contribution is 1.92. The van der Waals surface area contributed by atoms with E-state index >= 15 is 0 Å². The number of rotatable bonds is 0. The summed E-state index contributed by atoms with van der Waals surface area (Å²) in [7, 11) is -23.8. The van der Waals surface area contributed by atoms with Gasteiger partial charge in [-0.05, 0) is 6.42 Å². The summed E-state index contributed by atoms with van der Waals surface area (Å²) >= 11 is 0. The van der Waals surface area contributed by atoms with Crippen molar-refractivity contribution in [1.29, 1.82) is 0 Å². The van der Waals surface area contributed by atoms with Gasteiger partial charge in [0.2, 0.25) is 0 Å². The summed E-state index contributed by atoms with van der Waals surface area (Å²) in [5, 5.41) is 236. The zero-order chi connectivity index (χ0) is 44.3. The second kappa shape index (κ2) is 73.9. The third kappa shape index (κ3) is 3350. The van der Waals surface area contributed by atoms with Gasteiger partial charge in [-0.1, -0.05) is 36.5 Å². The van der Waals surface area contributed by atoms with Crippen molar-refractivity contribution in [2.45, 2.75) is 6.42 Å². The van der Waals surface area contributed by atoms with Gasteiger partial charge in [-0.3, -0.25) is 0 Å². The summed E-state index contributed by atoms with van der Waals surface area (Å²) in [6, 6.07) is 0. The molecule has 1 aliphatic carbocycles. The van der Waals surface area contributed by atoms with Crippen molar-refractivity contribution in [2.75, 3.05) is 0 Å². The molecule has 300 valence electrons. The van der Waals surface area contributed by atoms with Crippen LogP contribution in [0.1, 0.15) is 6.42 Å². The molecule has 0 saturated heterocycles. The minimum Gasteiger partial charge on any atom is -0.402 e. The van der Waals surface area contributed by atoms with Crippen LogP contribution in [0.25, 0.3) is 0 Å². The normalized spacial score (nSPS) is 8.18. The smallest absolute Gasteiger partial charge is 0.402 e. The molecule has 0 aliphatic heterocycles. The molecule has 0 unspecified atom stereocenters. The van der Waals surface area contributed by atoms with Crippen molar-refractivity contribution in [3.8, 4) is 0 Å². The van der Waals surface area contributed by atoms with E-state index in [2.05, 4.69) is 24.3 Å². The fourth-order valence-corrected chi connectivity index (χ4v) is 0.521. The summed E-state index contributed by atoms with van der Waals surface area (Å²) in [6.45, 7) is 0. The van der Waals surface area contributed by atoms with E-state index in [-0.39, 0.29) is 0 Å². The molecule has 0 radical (unpaired) electrons. The molecule has 0 aromatic rings. The van der Waals surface area contributed by atoms with Crippen molar-refractivity contribution in [1.82, 2.24) is 0 Å². The maximum absolute atomic E-state index is 7.17. The first-order valence-electron chi connectivity index (χ1n) is 11.0. The van der Waals surface area contributed by atoms with Gasteiger partial charge >= 0.3 is 80.5 Å². The number of hydrogen-bond donors (Lipinski definition) is 33. The first kappa shape index (κ1) is 78.6. The Kier molecular flexibility index (Phi) is 114. The molecule has 33 N–H and O–H groups in total.